The third kappa shape index (κ3) is 5.89. The smallest absolute Gasteiger partial charge is 0.161 e. The van der Waals surface area contributed by atoms with Crippen molar-refractivity contribution in [2.45, 2.75) is 72.6 Å². The summed E-state index contributed by atoms with van der Waals surface area (Å²) < 4.78 is 0. The predicted molar refractivity (Wildman–Crippen MR) is 119 cm³/mol. The largest absolute Gasteiger partial charge is 0.294 e. The molecule has 0 aliphatic rings. The Hall–Kier alpha value is -2.22. The Balaban J connectivity index is 2.16. The highest BCUT2D eigenvalue weighted by atomic mass is 16.1. The maximum absolute atomic E-state index is 12.7. The number of carbonyl (C=O) groups excluding carboxylic acids is 1. The van der Waals surface area contributed by atoms with Crippen molar-refractivity contribution in [3.05, 3.63) is 70.6 Å². The zero-order valence-electron chi connectivity index (χ0n) is 18.2. The van der Waals surface area contributed by atoms with E-state index in [-0.39, 0.29) is 11.7 Å². The average molecular weight is 378 g/mol. The third-order valence-electron chi connectivity index (χ3n) is 5.75. The molecule has 2 aromatic rings. The van der Waals surface area contributed by atoms with Gasteiger partial charge in [-0.1, -0.05) is 63.6 Å². The number of benzene rings is 1. The van der Waals surface area contributed by atoms with Crippen LogP contribution < -0.4 is 0 Å². The topological polar surface area (TPSA) is 30.0 Å². The second kappa shape index (κ2) is 10.9. The molecule has 1 heterocycles. The first-order chi connectivity index (χ1) is 13.5. The molecule has 2 heteroatoms. The number of rotatable bonds is 10. The molecule has 1 unspecified atom stereocenters. The molecule has 0 amide bonds. The van der Waals surface area contributed by atoms with Gasteiger partial charge >= 0.3 is 0 Å². The van der Waals surface area contributed by atoms with Crippen molar-refractivity contribution >= 4 is 11.9 Å². The highest BCUT2D eigenvalue weighted by Crippen LogP contribution is 2.25. The summed E-state index contributed by atoms with van der Waals surface area (Å²) in [4.78, 5) is 17.3. The zero-order valence-corrected chi connectivity index (χ0v) is 18.2. The van der Waals surface area contributed by atoms with E-state index < -0.39 is 0 Å². The Morgan fingerprint density at radius 3 is 2.14 bits per heavy atom. The van der Waals surface area contributed by atoms with E-state index in [0.717, 1.165) is 43.4 Å². The number of carbonyl (C=O) groups is 1. The second-order valence-electron chi connectivity index (χ2n) is 7.71. The summed E-state index contributed by atoms with van der Waals surface area (Å²) in [6.45, 7) is 10.6. The number of ketones is 1. The van der Waals surface area contributed by atoms with E-state index in [1.165, 1.54) is 16.7 Å². The van der Waals surface area contributed by atoms with E-state index in [2.05, 4.69) is 76.0 Å². The van der Waals surface area contributed by atoms with Gasteiger partial charge < -0.3 is 0 Å². The lowest BCUT2D eigenvalue weighted by molar-refractivity contribution is -0.119. The van der Waals surface area contributed by atoms with Crippen LogP contribution in [0.3, 0.4) is 0 Å². The number of hydrogen-bond donors (Lipinski definition) is 0. The SMILES string of the molecule is CC/C(=C\c1ccc(C(CC)Cc2ccc(C)cc2)cn1)C(=O)C(CC)CC. The van der Waals surface area contributed by atoms with Crippen LogP contribution in [0.15, 0.2) is 48.2 Å². The summed E-state index contributed by atoms with van der Waals surface area (Å²) in [5.41, 5.74) is 5.70. The minimum atomic E-state index is 0.129. The Kier molecular flexibility index (Phi) is 8.63. The lowest BCUT2D eigenvalue weighted by Gasteiger charge is -2.16. The lowest BCUT2D eigenvalue weighted by Crippen LogP contribution is -2.15. The number of Topliss-reactive ketones (excluding diaryl/α,β-unsaturated/α-hetero) is 1. The van der Waals surface area contributed by atoms with Gasteiger partial charge in [0, 0.05) is 12.1 Å². The van der Waals surface area contributed by atoms with Crippen LogP contribution in [0, 0.1) is 12.8 Å². The molecule has 0 N–H and O–H groups in total. The third-order valence-corrected chi connectivity index (χ3v) is 5.75. The van der Waals surface area contributed by atoms with Gasteiger partial charge in [-0.2, -0.15) is 0 Å². The fraction of sp³-hybridized carbons (Fsp3) is 0.462. The molecule has 1 atom stereocenters. The quantitative estimate of drug-likeness (QED) is 0.420. The van der Waals surface area contributed by atoms with Crippen molar-refractivity contribution in [1.29, 1.82) is 0 Å². The molecular weight excluding hydrogens is 342 g/mol. The van der Waals surface area contributed by atoms with Crippen molar-refractivity contribution in [3.63, 3.8) is 0 Å². The second-order valence-corrected chi connectivity index (χ2v) is 7.71. The molecule has 0 fully saturated rings. The number of hydrogen-bond acceptors (Lipinski definition) is 2. The first-order valence-corrected chi connectivity index (χ1v) is 10.8. The van der Waals surface area contributed by atoms with Gasteiger partial charge in [-0.25, -0.2) is 0 Å². The standard InChI is InChI=1S/C26H35NO/c1-6-21(7-2)26(28)23(9-4)17-25-15-14-24(18-27-25)22(8-3)16-20-12-10-19(5)11-13-20/h10-15,17-18,21-22H,6-9,16H2,1-5H3/b23-17+. The molecule has 0 spiro atoms. The molecule has 2 rings (SSSR count). The minimum Gasteiger partial charge on any atom is -0.294 e. The minimum absolute atomic E-state index is 0.129. The molecule has 2 nitrogen and oxygen atoms in total. The molecule has 0 saturated heterocycles. The maximum atomic E-state index is 12.7. The first-order valence-electron chi connectivity index (χ1n) is 10.8. The Morgan fingerprint density at radius 2 is 1.64 bits per heavy atom. The van der Waals surface area contributed by atoms with Crippen LogP contribution in [0.25, 0.3) is 6.08 Å². The molecule has 0 radical (unpaired) electrons. The summed E-state index contributed by atoms with van der Waals surface area (Å²) in [6.07, 6.45) is 8.63. The van der Waals surface area contributed by atoms with Gasteiger partial charge in [0.05, 0.1) is 5.69 Å². The van der Waals surface area contributed by atoms with E-state index in [9.17, 15) is 4.79 Å². The summed E-state index contributed by atoms with van der Waals surface area (Å²) in [7, 11) is 0. The normalized spacial score (nSPS) is 13.0. The van der Waals surface area contributed by atoms with Gasteiger partial charge in [0.2, 0.25) is 0 Å². The highest BCUT2D eigenvalue weighted by Gasteiger charge is 2.18. The molecular formula is C26H35NO. The number of allylic oxidation sites excluding steroid dienone is 1. The van der Waals surface area contributed by atoms with Crippen molar-refractivity contribution in [2.75, 3.05) is 0 Å². The fourth-order valence-corrected chi connectivity index (χ4v) is 3.70. The molecule has 0 saturated carbocycles. The van der Waals surface area contributed by atoms with Crippen LogP contribution in [-0.2, 0) is 11.2 Å². The van der Waals surface area contributed by atoms with E-state index in [1.807, 2.05) is 12.3 Å². The summed E-state index contributed by atoms with van der Waals surface area (Å²) >= 11 is 0. The van der Waals surface area contributed by atoms with Gasteiger partial charge in [-0.15, -0.1) is 0 Å². The van der Waals surface area contributed by atoms with Crippen LogP contribution in [0.1, 0.15) is 81.7 Å². The molecule has 1 aromatic heterocycles. The number of pyridine rings is 1. The first kappa shape index (κ1) is 22.1. The van der Waals surface area contributed by atoms with Crippen molar-refractivity contribution < 1.29 is 4.79 Å². The van der Waals surface area contributed by atoms with Crippen molar-refractivity contribution in [2.24, 2.45) is 5.92 Å². The molecule has 150 valence electrons. The highest BCUT2D eigenvalue weighted by molar-refractivity contribution is 6.00. The van der Waals surface area contributed by atoms with Gasteiger partial charge in [-0.3, -0.25) is 9.78 Å². The van der Waals surface area contributed by atoms with Crippen molar-refractivity contribution in [1.82, 2.24) is 4.98 Å². The predicted octanol–water partition coefficient (Wildman–Crippen LogP) is 6.93. The van der Waals surface area contributed by atoms with E-state index in [1.54, 1.807) is 0 Å². The van der Waals surface area contributed by atoms with Gasteiger partial charge in [0.1, 0.15) is 0 Å². The van der Waals surface area contributed by atoms with Crippen LogP contribution in [0.2, 0.25) is 0 Å². The molecule has 28 heavy (non-hydrogen) atoms. The van der Waals surface area contributed by atoms with Gasteiger partial charge in [-0.05, 0) is 73.8 Å². The van der Waals surface area contributed by atoms with Crippen molar-refractivity contribution in [3.8, 4) is 0 Å². The number of nitrogens with zero attached hydrogens (tertiary/aromatic N) is 1. The Labute approximate surface area is 171 Å². The lowest BCUT2D eigenvalue weighted by atomic mass is 9.90. The van der Waals surface area contributed by atoms with Crippen LogP contribution in [-0.4, -0.2) is 10.8 Å². The molecule has 0 aliphatic heterocycles. The zero-order chi connectivity index (χ0) is 20.5. The van der Waals surface area contributed by atoms with Gasteiger partial charge in [0.25, 0.3) is 0 Å². The summed E-state index contributed by atoms with van der Waals surface area (Å²) in [6, 6.07) is 13.0. The Morgan fingerprint density at radius 1 is 0.964 bits per heavy atom. The monoisotopic (exact) mass is 377 g/mol. The summed E-state index contributed by atoms with van der Waals surface area (Å²) in [5.74, 6) is 0.874. The van der Waals surface area contributed by atoms with E-state index in [0.29, 0.717) is 5.92 Å². The number of aromatic nitrogens is 1. The average Bonchev–Trinajstić information content (AvgIpc) is 2.73. The van der Waals surface area contributed by atoms with E-state index in [4.69, 9.17) is 0 Å². The van der Waals surface area contributed by atoms with Crippen LogP contribution in [0.4, 0.5) is 0 Å². The van der Waals surface area contributed by atoms with Gasteiger partial charge in [0.15, 0.2) is 5.78 Å². The van der Waals surface area contributed by atoms with Crippen LogP contribution in [0.5, 0.6) is 0 Å². The molecule has 0 aliphatic carbocycles. The van der Waals surface area contributed by atoms with Crippen LogP contribution >= 0.6 is 0 Å². The maximum Gasteiger partial charge on any atom is 0.161 e. The van der Waals surface area contributed by atoms with E-state index >= 15 is 0 Å². The molecule has 1 aromatic carbocycles. The number of aryl methyl sites for hydroxylation is 1. The summed E-state index contributed by atoms with van der Waals surface area (Å²) in [5, 5.41) is 0. The fourth-order valence-electron chi connectivity index (χ4n) is 3.70. The Bertz CT molecular complexity index is 767. The molecule has 0 bridgehead atoms.